The quantitative estimate of drug-likeness (QED) is 0.423. The predicted molar refractivity (Wildman–Crippen MR) is 85.1 cm³/mol. The molecule has 6 heteroatoms. The van der Waals surface area contributed by atoms with Gasteiger partial charge in [-0.2, -0.15) is 5.10 Å². The molecule has 0 aromatic heterocycles. The number of benzene rings is 2. The van der Waals surface area contributed by atoms with Crippen molar-refractivity contribution in [1.29, 1.82) is 0 Å². The molecule has 2 rings (SSSR count). The molecule has 0 aliphatic rings. The Labute approximate surface area is 124 Å². The Morgan fingerprint density at radius 3 is 2.62 bits per heavy atom. The van der Waals surface area contributed by atoms with Crippen LogP contribution in [0.15, 0.2) is 53.6 Å². The van der Waals surface area contributed by atoms with Crippen LogP contribution in [-0.4, -0.2) is 30.0 Å². The molecule has 0 unspecified atom stereocenters. The SMILES string of the molecule is CCOc1cc(C=NNc2ccccc2)cc(B(O)O)c1. The maximum atomic E-state index is 9.28. The van der Waals surface area contributed by atoms with Gasteiger partial charge in [0.05, 0.1) is 18.5 Å². The molecule has 0 bridgehead atoms. The van der Waals surface area contributed by atoms with Crippen LogP contribution in [0, 0.1) is 0 Å². The van der Waals surface area contributed by atoms with Crippen molar-refractivity contribution in [3.63, 3.8) is 0 Å². The highest BCUT2D eigenvalue weighted by Crippen LogP contribution is 2.11. The Morgan fingerprint density at radius 1 is 1.19 bits per heavy atom. The van der Waals surface area contributed by atoms with Crippen molar-refractivity contribution >= 4 is 24.5 Å². The van der Waals surface area contributed by atoms with Crippen LogP contribution < -0.4 is 15.6 Å². The lowest BCUT2D eigenvalue weighted by molar-refractivity contribution is 0.340. The van der Waals surface area contributed by atoms with Crippen molar-refractivity contribution in [2.24, 2.45) is 5.10 Å². The first kappa shape index (κ1) is 15.1. The van der Waals surface area contributed by atoms with Crippen molar-refractivity contribution in [2.45, 2.75) is 6.92 Å². The highest BCUT2D eigenvalue weighted by atomic mass is 16.5. The van der Waals surface area contributed by atoms with Crippen molar-refractivity contribution < 1.29 is 14.8 Å². The third-order valence-electron chi connectivity index (χ3n) is 2.74. The molecule has 5 nitrogen and oxygen atoms in total. The van der Waals surface area contributed by atoms with Gasteiger partial charge in [-0.1, -0.05) is 24.3 Å². The van der Waals surface area contributed by atoms with Crippen LogP contribution in [-0.2, 0) is 0 Å². The largest absolute Gasteiger partial charge is 0.494 e. The fourth-order valence-corrected chi connectivity index (χ4v) is 1.81. The third-order valence-corrected chi connectivity index (χ3v) is 2.74. The second-order valence-electron chi connectivity index (χ2n) is 4.38. The highest BCUT2D eigenvalue weighted by Gasteiger charge is 2.13. The van der Waals surface area contributed by atoms with Crippen LogP contribution in [0.4, 0.5) is 5.69 Å². The van der Waals surface area contributed by atoms with E-state index < -0.39 is 7.12 Å². The first-order valence-electron chi connectivity index (χ1n) is 6.67. The van der Waals surface area contributed by atoms with E-state index in [1.165, 1.54) is 0 Å². The number of hydrogen-bond donors (Lipinski definition) is 3. The number of hydrogen-bond acceptors (Lipinski definition) is 5. The molecule has 2 aromatic rings. The summed E-state index contributed by atoms with van der Waals surface area (Å²) >= 11 is 0. The van der Waals surface area contributed by atoms with E-state index in [1.807, 2.05) is 37.3 Å². The smallest absolute Gasteiger partial charge is 0.488 e. The molecular formula is C15H17BN2O3. The van der Waals surface area contributed by atoms with Crippen LogP contribution in [0.5, 0.6) is 5.75 Å². The van der Waals surface area contributed by atoms with Gasteiger partial charge in [-0.05, 0) is 42.2 Å². The molecule has 0 saturated carbocycles. The molecule has 0 aliphatic carbocycles. The second kappa shape index (κ2) is 7.47. The maximum absolute atomic E-state index is 9.28. The summed E-state index contributed by atoms with van der Waals surface area (Å²) in [5.41, 5.74) is 4.85. The third kappa shape index (κ3) is 4.63. The molecule has 21 heavy (non-hydrogen) atoms. The maximum Gasteiger partial charge on any atom is 0.488 e. The minimum atomic E-state index is -1.54. The molecule has 108 valence electrons. The summed E-state index contributed by atoms with van der Waals surface area (Å²) in [5, 5.41) is 22.7. The van der Waals surface area contributed by atoms with Crippen LogP contribution in [0.25, 0.3) is 0 Å². The van der Waals surface area contributed by atoms with E-state index in [1.54, 1.807) is 24.4 Å². The van der Waals surface area contributed by atoms with Gasteiger partial charge in [-0.25, -0.2) is 0 Å². The average molecular weight is 284 g/mol. The zero-order valence-electron chi connectivity index (χ0n) is 11.7. The average Bonchev–Trinajstić information content (AvgIpc) is 2.48. The Kier molecular flexibility index (Phi) is 5.37. The molecule has 0 aliphatic heterocycles. The number of para-hydroxylation sites is 1. The first-order chi connectivity index (χ1) is 10.2. The van der Waals surface area contributed by atoms with Gasteiger partial charge < -0.3 is 14.8 Å². The van der Waals surface area contributed by atoms with E-state index in [0.29, 0.717) is 23.4 Å². The topological polar surface area (TPSA) is 74.1 Å². The molecule has 0 amide bonds. The molecule has 0 fully saturated rings. The number of hydrazone groups is 1. The van der Waals surface area contributed by atoms with E-state index in [2.05, 4.69) is 10.5 Å². The monoisotopic (exact) mass is 284 g/mol. The Morgan fingerprint density at radius 2 is 1.95 bits per heavy atom. The van der Waals surface area contributed by atoms with E-state index in [4.69, 9.17) is 4.74 Å². The molecule has 0 radical (unpaired) electrons. The zero-order chi connectivity index (χ0) is 15.1. The van der Waals surface area contributed by atoms with Crippen LogP contribution in [0.1, 0.15) is 12.5 Å². The fraction of sp³-hybridized carbons (Fsp3) is 0.133. The van der Waals surface area contributed by atoms with Crippen molar-refractivity contribution in [2.75, 3.05) is 12.0 Å². The van der Waals surface area contributed by atoms with Crippen LogP contribution >= 0.6 is 0 Å². The molecule has 0 spiro atoms. The number of nitrogens with zero attached hydrogens (tertiary/aromatic N) is 1. The van der Waals surface area contributed by atoms with E-state index in [9.17, 15) is 10.0 Å². The first-order valence-corrected chi connectivity index (χ1v) is 6.67. The molecule has 0 heterocycles. The van der Waals surface area contributed by atoms with Gasteiger partial charge in [0.25, 0.3) is 0 Å². The van der Waals surface area contributed by atoms with E-state index in [-0.39, 0.29) is 0 Å². The van der Waals surface area contributed by atoms with Gasteiger partial charge in [-0.15, -0.1) is 0 Å². The van der Waals surface area contributed by atoms with Gasteiger partial charge >= 0.3 is 7.12 Å². The normalized spacial score (nSPS) is 10.6. The van der Waals surface area contributed by atoms with Gasteiger partial charge in [0.2, 0.25) is 0 Å². The molecule has 0 saturated heterocycles. The minimum Gasteiger partial charge on any atom is -0.494 e. The predicted octanol–water partition coefficient (Wildman–Crippen LogP) is 1.21. The Bertz CT molecular complexity index is 603. The highest BCUT2D eigenvalue weighted by molar-refractivity contribution is 6.58. The number of ether oxygens (including phenoxy) is 1. The lowest BCUT2D eigenvalue weighted by Crippen LogP contribution is -2.30. The summed E-state index contributed by atoms with van der Waals surface area (Å²) in [4.78, 5) is 0. The summed E-state index contributed by atoms with van der Waals surface area (Å²) in [6.45, 7) is 2.37. The number of rotatable bonds is 6. The van der Waals surface area contributed by atoms with E-state index >= 15 is 0 Å². The van der Waals surface area contributed by atoms with Crippen molar-refractivity contribution in [1.82, 2.24) is 0 Å². The lowest BCUT2D eigenvalue weighted by Gasteiger charge is -2.07. The standard InChI is InChI=1S/C15H17BN2O3/c1-2-21-15-9-12(8-13(10-15)16(19)20)11-17-18-14-6-4-3-5-7-14/h3-11,18-20H,2H2,1H3. The number of nitrogens with one attached hydrogen (secondary N) is 1. The van der Waals surface area contributed by atoms with Gasteiger partial charge in [-0.3, -0.25) is 5.43 Å². The summed E-state index contributed by atoms with van der Waals surface area (Å²) in [6.07, 6.45) is 1.60. The molecule has 0 atom stereocenters. The van der Waals surface area contributed by atoms with Gasteiger partial charge in [0, 0.05) is 0 Å². The second-order valence-corrected chi connectivity index (χ2v) is 4.38. The molecule has 3 N–H and O–H groups in total. The fourth-order valence-electron chi connectivity index (χ4n) is 1.81. The number of anilines is 1. The molecule has 2 aromatic carbocycles. The van der Waals surface area contributed by atoms with E-state index in [0.717, 1.165) is 5.69 Å². The van der Waals surface area contributed by atoms with Crippen molar-refractivity contribution in [3.8, 4) is 5.75 Å². The summed E-state index contributed by atoms with van der Waals surface area (Å²) in [5.74, 6) is 0.573. The summed E-state index contributed by atoms with van der Waals surface area (Å²) in [6, 6.07) is 14.6. The minimum absolute atomic E-state index is 0.363. The van der Waals surface area contributed by atoms with Gasteiger partial charge in [0.15, 0.2) is 0 Å². The lowest BCUT2D eigenvalue weighted by atomic mass is 9.79. The summed E-state index contributed by atoms with van der Waals surface area (Å²) in [7, 11) is -1.54. The molecular weight excluding hydrogens is 267 g/mol. The summed E-state index contributed by atoms with van der Waals surface area (Å²) < 4.78 is 5.40. The van der Waals surface area contributed by atoms with Crippen molar-refractivity contribution in [3.05, 3.63) is 54.1 Å². The Hall–Kier alpha value is -2.31. The zero-order valence-corrected chi connectivity index (χ0v) is 11.7. The van der Waals surface area contributed by atoms with Crippen LogP contribution in [0.3, 0.4) is 0 Å². The van der Waals surface area contributed by atoms with Gasteiger partial charge in [0.1, 0.15) is 5.75 Å². The van der Waals surface area contributed by atoms with Crippen LogP contribution in [0.2, 0.25) is 0 Å². The Balaban J connectivity index is 2.14.